The van der Waals surface area contributed by atoms with Gasteiger partial charge >= 0.3 is 11.9 Å². The third kappa shape index (κ3) is 22.3. The lowest BCUT2D eigenvalue weighted by Crippen LogP contribution is -2.44. The summed E-state index contributed by atoms with van der Waals surface area (Å²) in [6.45, 7) is 12.2. The Hall–Kier alpha value is -10.9. The number of esters is 2. The lowest BCUT2D eigenvalue weighted by molar-refractivity contribution is -0.141. The minimum Gasteiger partial charge on any atom is -0.469 e. The van der Waals surface area contributed by atoms with Crippen LogP contribution in [0, 0.1) is 17.5 Å². The first kappa shape index (κ1) is 80.2. The zero-order chi connectivity index (χ0) is 78.6. The number of rotatable bonds is 24. The molecule has 0 saturated carbocycles. The molecule has 0 unspecified atom stereocenters. The largest absolute Gasteiger partial charge is 0.469 e. The summed E-state index contributed by atoms with van der Waals surface area (Å²) in [6.07, 6.45) is 9.88. The van der Waals surface area contributed by atoms with E-state index in [-0.39, 0.29) is 35.3 Å². The minimum absolute atomic E-state index is 0.154. The molecule has 4 saturated heterocycles. The Labute approximate surface area is 660 Å². The van der Waals surface area contributed by atoms with Crippen LogP contribution < -0.4 is 46.6 Å². The summed E-state index contributed by atoms with van der Waals surface area (Å²) >= 11 is 0. The van der Waals surface area contributed by atoms with Gasteiger partial charge in [0.2, 0.25) is 5.91 Å². The van der Waals surface area contributed by atoms with Gasteiger partial charge in [-0.25, -0.2) is 13.2 Å². The second-order valence-corrected chi connectivity index (χ2v) is 30.2. The first-order valence-corrected chi connectivity index (χ1v) is 39.9. The third-order valence-corrected chi connectivity index (χ3v) is 22.1. The summed E-state index contributed by atoms with van der Waals surface area (Å²) in [7, 11) is 7.08. The van der Waals surface area contributed by atoms with E-state index in [1.807, 2.05) is 18.2 Å². The molecule has 19 nitrogen and oxygen atoms in total. The molecule has 12 aromatic rings. The predicted molar refractivity (Wildman–Crippen MR) is 453 cm³/mol. The Morgan fingerprint density at radius 2 is 0.664 bits per heavy atom. The van der Waals surface area contributed by atoms with E-state index in [0.29, 0.717) is 63.1 Å². The fourth-order valence-corrected chi connectivity index (χ4v) is 15.7. The van der Waals surface area contributed by atoms with Crippen LogP contribution in [0.15, 0.2) is 200 Å². The zero-order valence-electron chi connectivity index (χ0n) is 65.3. The number of likely N-dealkylation sites (N-methyl/N-ethyl adjacent to an activating group) is 1. The number of methoxy groups -OCH3 is 2. The van der Waals surface area contributed by atoms with Gasteiger partial charge < -0.3 is 80.9 Å². The van der Waals surface area contributed by atoms with Crippen LogP contribution in [0.4, 0.5) is 35.9 Å². The number of carbonyl (C=O) groups excluding carboxylic acids is 3. The van der Waals surface area contributed by atoms with E-state index in [1.54, 1.807) is 36.4 Å². The number of hydrogen-bond donors (Lipinski definition) is 9. The maximum Gasteiger partial charge on any atom is 0.306 e. The summed E-state index contributed by atoms with van der Waals surface area (Å²) in [5.74, 6) is -1.24. The van der Waals surface area contributed by atoms with Gasteiger partial charge in [-0.2, -0.15) is 0 Å². The van der Waals surface area contributed by atoms with Crippen molar-refractivity contribution in [3.8, 4) is 45.0 Å². The van der Waals surface area contributed by atoms with Gasteiger partial charge in [-0.15, -0.1) is 0 Å². The van der Waals surface area contributed by atoms with Crippen molar-refractivity contribution >= 4 is 84.2 Å². The maximum absolute atomic E-state index is 13.5. The number of benzene rings is 8. The Balaban J connectivity index is 0.000000132. The number of nitrogens with two attached hydrogens (primary N) is 1. The van der Waals surface area contributed by atoms with E-state index in [4.69, 9.17) is 10.5 Å². The van der Waals surface area contributed by atoms with E-state index >= 15 is 0 Å². The quantitative estimate of drug-likeness (QED) is 0.0257. The topological polar surface area (TPSA) is 223 Å². The molecule has 592 valence electrons. The van der Waals surface area contributed by atoms with E-state index in [0.717, 1.165) is 176 Å². The number of para-hydroxylation sites is 1. The molecular weight excluding hydrogens is 1430 g/mol. The number of amides is 1. The number of aromatic amines is 4. The Morgan fingerprint density at radius 3 is 0.965 bits per heavy atom. The second kappa shape index (κ2) is 39.0. The molecule has 8 heterocycles. The molecule has 0 bridgehead atoms. The van der Waals surface area contributed by atoms with Crippen molar-refractivity contribution in [3.63, 3.8) is 0 Å². The molecule has 113 heavy (non-hydrogen) atoms. The summed E-state index contributed by atoms with van der Waals surface area (Å²) < 4.78 is 49.8. The third-order valence-electron chi connectivity index (χ3n) is 22.1. The van der Waals surface area contributed by atoms with E-state index < -0.39 is 0 Å². The highest BCUT2D eigenvalue weighted by molar-refractivity contribution is 5.90. The molecule has 22 heteroatoms. The number of piperidine rings is 4. The van der Waals surface area contributed by atoms with Gasteiger partial charge in [0.25, 0.3) is 0 Å². The average molecular weight is 1530 g/mol. The number of anilines is 4. The number of hydrogen-bond acceptors (Lipinski definition) is 14. The highest BCUT2D eigenvalue weighted by atomic mass is 19.1. The lowest BCUT2D eigenvalue weighted by atomic mass is 10.0. The van der Waals surface area contributed by atoms with Crippen LogP contribution >= 0.6 is 0 Å². The SMILES string of the molecule is CN(C)CCNC1CCN(c2cccc(-c3cc4cc(F)ccc4[nH]3)c2)CC1.COC(=O)CCNC1CCN(c2cccc(-c3cc4cc(F)ccc4[nH]3)c2)CC1.COC(=O)CCNC1CCN(c2cccc(-c3cc4ccccc4[nH]3)c2)CC1.NC(=O)CCNC1CCN(c2cccc(-c3cc4cc(F)ccc4[nH]3)c2)CC1. The number of nitrogens with one attached hydrogen (secondary N) is 8. The molecule has 4 aliphatic heterocycles. The van der Waals surface area contributed by atoms with Crippen molar-refractivity contribution in [2.45, 2.75) is 94.8 Å². The smallest absolute Gasteiger partial charge is 0.306 e. The van der Waals surface area contributed by atoms with Crippen LogP contribution in [0.3, 0.4) is 0 Å². The van der Waals surface area contributed by atoms with Gasteiger partial charge in [0.15, 0.2) is 0 Å². The molecule has 4 fully saturated rings. The molecule has 10 N–H and O–H groups in total. The van der Waals surface area contributed by atoms with Crippen LogP contribution in [-0.2, 0) is 23.9 Å². The minimum atomic E-state index is -0.263. The number of fused-ring (bicyclic) bond motifs is 4. The van der Waals surface area contributed by atoms with E-state index in [9.17, 15) is 27.6 Å². The number of halogens is 3. The van der Waals surface area contributed by atoms with E-state index in [2.05, 4.69) is 212 Å². The Bertz CT molecular complexity index is 5070. The average Bonchev–Trinajstić information content (AvgIpc) is 1.66. The molecule has 0 aliphatic carbocycles. The van der Waals surface area contributed by atoms with Crippen molar-refractivity contribution in [1.82, 2.24) is 46.1 Å². The highest BCUT2D eigenvalue weighted by Gasteiger charge is 2.25. The molecular formula is C91H107F3N14O5. The van der Waals surface area contributed by atoms with Crippen molar-refractivity contribution in [2.24, 2.45) is 5.73 Å². The second-order valence-electron chi connectivity index (χ2n) is 30.2. The van der Waals surface area contributed by atoms with Crippen molar-refractivity contribution in [2.75, 3.05) is 133 Å². The molecule has 1 amide bonds. The predicted octanol–water partition coefficient (Wildman–Crippen LogP) is 15.6. The van der Waals surface area contributed by atoms with Gasteiger partial charge in [-0.05, 0) is 221 Å². The number of H-pyrrole nitrogens is 4. The van der Waals surface area contributed by atoms with Gasteiger partial charge in [0, 0.05) is 205 Å². The standard InChI is InChI=1S/C23H29FN4.C23H26FN3O2.C23H27N3O2.C22H25FN4O/c1-27(2)13-10-25-20-8-11-28(12-9-20)21-5-3-4-17(15-21)23-16-18-14-19(24)6-7-22(18)26-23;1-29-23(28)7-10-25-19-8-11-27(12-9-19)20-4-2-3-16(14-20)22-15-17-13-18(24)5-6-21(17)26-22;1-28-23(27)9-12-24-19-10-13-26(14-11-19)20-7-4-6-17(15-20)22-16-18-5-2-3-8-21(18)25-22;23-17-4-5-20-16(12-17)14-21(26-20)15-2-1-3-19(13-15)27-10-7-18(8-11-27)25-9-6-22(24)28/h3-7,14-16,20,25-26H,8-13H2,1-2H3;2-6,13-15,19,25-26H,7-12H2,1H3;2-8,15-16,19,24-25H,9-14H2,1H3;1-5,12-14,18,25-26H,6-11H2,(H2,24,28). The van der Waals surface area contributed by atoms with Crippen LogP contribution in [0.1, 0.15) is 70.6 Å². The number of nitrogens with zero attached hydrogens (tertiary/aromatic N) is 5. The fourth-order valence-electron chi connectivity index (χ4n) is 15.7. The normalized spacial score (nSPS) is 15.3. The summed E-state index contributed by atoms with van der Waals surface area (Å²) in [5, 5.41) is 17.9. The van der Waals surface area contributed by atoms with Crippen LogP contribution in [0.25, 0.3) is 88.6 Å². The first-order chi connectivity index (χ1) is 55.0. The molecule has 0 spiro atoms. The number of ether oxygens (including phenoxy) is 2. The van der Waals surface area contributed by atoms with Crippen LogP contribution in [0.5, 0.6) is 0 Å². The van der Waals surface area contributed by atoms with Crippen molar-refractivity contribution < 1.29 is 37.0 Å². The maximum atomic E-state index is 13.5. The fraction of sp³-hybridized carbons (Fsp3) is 0.352. The Kier molecular flexibility index (Phi) is 27.7. The molecule has 16 rings (SSSR count). The summed E-state index contributed by atoms with van der Waals surface area (Å²) in [5.41, 5.74) is 22.8. The van der Waals surface area contributed by atoms with Crippen LogP contribution in [-0.4, -0.2) is 180 Å². The molecule has 8 aromatic carbocycles. The zero-order valence-corrected chi connectivity index (χ0v) is 65.3. The molecule has 4 aromatic heterocycles. The molecule has 0 atom stereocenters. The van der Waals surface area contributed by atoms with Crippen molar-refractivity contribution in [3.05, 3.63) is 218 Å². The number of carbonyl (C=O) groups is 3. The van der Waals surface area contributed by atoms with Gasteiger partial charge in [-0.3, -0.25) is 14.4 Å². The summed E-state index contributed by atoms with van der Waals surface area (Å²) in [4.78, 5) is 58.9. The molecule has 0 radical (unpaired) electrons. The first-order valence-electron chi connectivity index (χ1n) is 39.9. The lowest BCUT2D eigenvalue weighted by Gasteiger charge is -2.34. The van der Waals surface area contributed by atoms with E-state index in [1.165, 1.54) is 84.5 Å². The molecule has 4 aliphatic rings. The summed E-state index contributed by atoms with van der Waals surface area (Å²) in [6, 6.07) is 67.3. The highest BCUT2D eigenvalue weighted by Crippen LogP contribution is 2.35. The van der Waals surface area contributed by atoms with Gasteiger partial charge in [0.05, 0.1) is 27.1 Å². The number of primary amides is 1. The van der Waals surface area contributed by atoms with Gasteiger partial charge in [0.1, 0.15) is 17.5 Å². The number of aromatic nitrogens is 4. The monoisotopic (exact) mass is 1530 g/mol. The van der Waals surface area contributed by atoms with Gasteiger partial charge in [-0.1, -0.05) is 66.7 Å². The Morgan fingerprint density at radius 1 is 0.372 bits per heavy atom. The van der Waals surface area contributed by atoms with Crippen molar-refractivity contribution in [1.29, 1.82) is 0 Å². The van der Waals surface area contributed by atoms with Crippen LogP contribution in [0.2, 0.25) is 0 Å².